The van der Waals surface area contributed by atoms with Gasteiger partial charge in [-0.05, 0) is 25.5 Å². The largest absolute Gasteiger partial charge is 0.451 e. The van der Waals surface area contributed by atoms with E-state index in [1.54, 1.807) is 16.8 Å². The fraction of sp³-hybridized carbons (Fsp3) is 0.444. The highest BCUT2D eigenvalue weighted by Crippen LogP contribution is 2.34. The first-order valence-corrected chi connectivity index (χ1v) is 8.12. The summed E-state index contributed by atoms with van der Waals surface area (Å²) in [5.74, 6) is 0.245. The van der Waals surface area contributed by atoms with Crippen LogP contribution in [0.1, 0.15) is 28.1 Å². The van der Waals surface area contributed by atoms with Crippen LogP contribution in [0.15, 0.2) is 22.6 Å². The molecule has 1 aromatic carbocycles. The van der Waals surface area contributed by atoms with Gasteiger partial charge in [0.1, 0.15) is 5.58 Å². The lowest BCUT2D eigenvalue weighted by molar-refractivity contribution is 0.0540. The number of carbonyl (C=O) groups is 2. The van der Waals surface area contributed by atoms with E-state index in [0.29, 0.717) is 31.8 Å². The van der Waals surface area contributed by atoms with E-state index < -0.39 is 5.60 Å². The van der Waals surface area contributed by atoms with E-state index >= 15 is 0 Å². The number of rotatable bonds is 1. The normalized spacial score (nSPS) is 23.5. The van der Waals surface area contributed by atoms with E-state index in [1.165, 1.54) is 0 Å². The summed E-state index contributed by atoms with van der Waals surface area (Å²) in [6.45, 7) is 5.40. The molecule has 2 aromatic rings. The Morgan fingerprint density at radius 2 is 2.04 bits per heavy atom. The highest BCUT2D eigenvalue weighted by molar-refractivity contribution is 5.99. The average molecular weight is 328 g/mol. The van der Waals surface area contributed by atoms with Crippen molar-refractivity contribution in [2.24, 2.45) is 0 Å². The lowest BCUT2D eigenvalue weighted by Crippen LogP contribution is -2.39. The van der Waals surface area contributed by atoms with Crippen LogP contribution in [-0.4, -0.2) is 54.1 Å². The van der Waals surface area contributed by atoms with Gasteiger partial charge in [-0.25, -0.2) is 4.79 Å². The van der Waals surface area contributed by atoms with Gasteiger partial charge in [0, 0.05) is 31.0 Å². The number of likely N-dealkylation sites (tertiary alicyclic amines) is 1. The molecule has 0 N–H and O–H groups in total. The summed E-state index contributed by atoms with van der Waals surface area (Å²) in [5, 5.41) is 0.963. The minimum Gasteiger partial charge on any atom is -0.451 e. The second-order valence-electron chi connectivity index (χ2n) is 6.94. The third-order valence-electron chi connectivity index (χ3n) is 5.03. The Bertz CT molecular complexity index is 856. The molecule has 6 nitrogen and oxygen atoms in total. The van der Waals surface area contributed by atoms with Crippen LogP contribution in [0.3, 0.4) is 0 Å². The van der Waals surface area contributed by atoms with Crippen LogP contribution in [0.4, 0.5) is 4.79 Å². The molecule has 2 fully saturated rings. The Hall–Kier alpha value is -2.50. The van der Waals surface area contributed by atoms with Crippen LogP contribution in [-0.2, 0) is 4.74 Å². The molecule has 2 aliphatic heterocycles. The van der Waals surface area contributed by atoms with Gasteiger partial charge in [0.05, 0.1) is 13.1 Å². The number of benzene rings is 1. The molecule has 0 saturated carbocycles. The monoisotopic (exact) mass is 328 g/mol. The van der Waals surface area contributed by atoms with Crippen molar-refractivity contribution in [3.05, 3.63) is 35.1 Å². The number of furan rings is 1. The van der Waals surface area contributed by atoms with Crippen LogP contribution in [0, 0.1) is 13.8 Å². The van der Waals surface area contributed by atoms with Gasteiger partial charge in [-0.2, -0.15) is 0 Å². The Kier molecular flexibility index (Phi) is 3.13. The molecular weight excluding hydrogens is 308 g/mol. The molecule has 2 amide bonds. The Morgan fingerprint density at radius 1 is 1.25 bits per heavy atom. The van der Waals surface area contributed by atoms with Gasteiger partial charge in [-0.3, -0.25) is 4.79 Å². The number of hydrogen-bond donors (Lipinski definition) is 0. The summed E-state index contributed by atoms with van der Waals surface area (Å²) in [6, 6.07) is 5.94. The zero-order chi connectivity index (χ0) is 17.1. The van der Waals surface area contributed by atoms with Crippen LogP contribution < -0.4 is 0 Å². The van der Waals surface area contributed by atoms with E-state index in [-0.39, 0.29) is 12.0 Å². The standard InChI is InChI=1S/C18H20N2O4/c1-11-4-5-13-12(2)15(23-14(13)8-11)16(21)20-7-6-18(10-20)9-19(3)17(22)24-18/h4-5,8H,6-7,9-10H2,1-3H3/t18-/m1/s1. The third kappa shape index (κ3) is 2.17. The van der Waals surface area contributed by atoms with Crippen molar-refractivity contribution in [2.45, 2.75) is 25.9 Å². The van der Waals surface area contributed by atoms with E-state index in [0.717, 1.165) is 22.1 Å². The number of likely N-dealkylation sites (N-methyl/N-ethyl adjacent to an activating group) is 1. The number of hydrogen-bond acceptors (Lipinski definition) is 4. The maximum absolute atomic E-state index is 12.9. The van der Waals surface area contributed by atoms with Crippen molar-refractivity contribution >= 4 is 23.0 Å². The number of nitrogens with zero attached hydrogens (tertiary/aromatic N) is 2. The van der Waals surface area contributed by atoms with Gasteiger partial charge in [0.2, 0.25) is 0 Å². The summed E-state index contributed by atoms with van der Waals surface area (Å²) in [7, 11) is 1.72. The molecular formula is C18H20N2O4. The highest BCUT2D eigenvalue weighted by Gasteiger charge is 2.50. The average Bonchev–Trinajstić information content (AvgIpc) is 3.16. The van der Waals surface area contributed by atoms with Crippen LogP contribution in [0.5, 0.6) is 0 Å². The zero-order valence-corrected chi connectivity index (χ0v) is 14.1. The molecule has 1 atom stereocenters. The second-order valence-corrected chi connectivity index (χ2v) is 6.94. The lowest BCUT2D eigenvalue weighted by Gasteiger charge is -2.21. The van der Waals surface area contributed by atoms with Crippen molar-refractivity contribution in [3.63, 3.8) is 0 Å². The Labute approximate surface area is 140 Å². The third-order valence-corrected chi connectivity index (χ3v) is 5.03. The maximum Gasteiger partial charge on any atom is 0.410 e. The van der Waals surface area contributed by atoms with Crippen molar-refractivity contribution in [1.82, 2.24) is 9.80 Å². The molecule has 0 bridgehead atoms. The molecule has 1 aromatic heterocycles. The summed E-state index contributed by atoms with van der Waals surface area (Å²) in [4.78, 5) is 27.9. The van der Waals surface area contributed by atoms with E-state index in [1.807, 2.05) is 32.0 Å². The number of ether oxygens (including phenoxy) is 1. The van der Waals surface area contributed by atoms with Gasteiger partial charge in [-0.1, -0.05) is 12.1 Å². The number of carbonyl (C=O) groups excluding carboxylic acids is 2. The number of aryl methyl sites for hydroxylation is 2. The Balaban J connectivity index is 1.61. The van der Waals surface area contributed by atoms with Gasteiger partial charge < -0.3 is 19.0 Å². The van der Waals surface area contributed by atoms with Gasteiger partial charge in [0.25, 0.3) is 5.91 Å². The first kappa shape index (κ1) is 15.1. The van der Waals surface area contributed by atoms with Crippen LogP contribution >= 0.6 is 0 Å². The smallest absolute Gasteiger partial charge is 0.410 e. The minimum atomic E-state index is -0.571. The minimum absolute atomic E-state index is 0.135. The molecule has 6 heteroatoms. The van der Waals surface area contributed by atoms with Crippen molar-refractivity contribution in [1.29, 1.82) is 0 Å². The first-order valence-electron chi connectivity index (χ1n) is 8.12. The maximum atomic E-state index is 12.9. The molecule has 0 aliphatic carbocycles. The predicted molar refractivity (Wildman–Crippen MR) is 88.1 cm³/mol. The SMILES string of the molecule is Cc1ccc2c(C)c(C(=O)N3CC[C@@]4(CN(C)C(=O)O4)C3)oc2c1. The first-order chi connectivity index (χ1) is 11.4. The van der Waals surface area contributed by atoms with E-state index in [2.05, 4.69) is 0 Å². The fourth-order valence-electron chi connectivity index (χ4n) is 3.70. The summed E-state index contributed by atoms with van der Waals surface area (Å²) >= 11 is 0. The summed E-state index contributed by atoms with van der Waals surface area (Å²) < 4.78 is 11.3. The van der Waals surface area contributed by atoms with Crippen molar-refractivity contribution < 1.29 is 18.7 Å². The number of fused-ring (bicyclic) bond motifs is 1. The van der Waals surface area contributed by atoms with Crippen LogP contribution in [0.25, 0.3) is 11.0 Å². The molecule has 2 aliphatic rings. The van der Waals surface area contributed by atoms with Crippen molar-refractivity contribution in [2.75, 3.05) is 26.7 Å². The Morgan fingerprint density at radius 3 is 2.75 bits per heavy atom. The molecule has 4 rings (SSSR count). The van der Waals surface area contributed by atoms with Crippen molar-refractivity contribution in [3.8, 4) is 0 Å². The van der Waals surface area contributed by atoms with E-state index in [4.69, 9.17) is 9.15 Å². The number of amides is 2. The van der Waals surface area contributed by atoms with Gasteiger partial charge >= 0.3 is 6.09 Å². The van der Waals surface area contributed by atoms with Gasteiger partial charge in [0.15, 0.2) is 11.4 Å². The lowest BCUT2D eigenvalue weighted by atomic mass is 10.0. The summed E-state index contributed by atoms with van der Waals surface area (Å²) in [6.07, 6.45) is 0.340. The molecule has 0 radical (unpaired) electrons. The topological polar surface area (TPSA) is 63.0 Å². The van der Waals surface area contributed by atoms with Gasteiger partial charge in [-0.15, -0.1) is 0 Å². The van der Waals surface area contributed by atoms with E-state index in [9.17, 15) is 9.59 Å². The quantitative estimate of drug-likeness (QED) is 0.807. The molecule has 2 saturated heterocycles. The fourth-order valence-corrected chi connectivity index (χ4v) is 3.70. The molecule has 0 unspecified atom stereocenters. The summed E-state index contributed by atoms with van der Waals surface area (Å²) in [5.41, 5.74) is 2.11. The zero-order valence-electron chi connectivity index (χ0n) is 14.1. The highest BCUT2D eigenvalue weighted by atomic mass is 16.6. The molecule has 1 spiro atoms. The molecule has 3 heterocycles. The molecule has 24 heavy (non-hydrogen) atoms. The molecule has 126 valence electrons. The second kappa shape index (κ2) is 5.00. The predicted octanol–water partition coefficient (Wildman–Crippen LogP) is 2.72. The van der Waals surface area contributed by atoms with Crippen LogP contribution in [0.2, 0.25) is 0 Å².